The number of aromatic nitrogens is 1. The second-order valence-electron chi connectivity index (χ2n) is 5.87. The molecule has 1 heterocycles. The van der Waals surface area contributed by atoms with Gasteiger partial charge in [0.1, 0.15) is 0 Å². The first-order chi connectivity index (χ1) is 13.1. The molecule has 1 amide bonds. The van der Waals surface area contributed by atoms with Crippen molar-refractivity contribution in [2.75, 3.05) is 20.0 Å². The summed E-state index contributed by atoms with van der Waals surface area (Å²) in [5, 5.41) is 2.85. The van der Waals surface area contributed by atoms with Crippen molar-refractivity contribution in [2.24, 2.45) is 0 Å². The smallest absolute Gasteiger partial charge is 0.272 e. The molecular weight excluding hydrogens is 342 g/mol. The van der Waals surface area contributed by atoms with Gasteiger partial charge in [-0.25, -0.2) is 4.98 Å². The highest BCUT2D eigenvalue weighted by atomic mass is 16.5. The zero-order valence-corrected chi connectivity index (χ0v) is 15.2. The van der Waals surface area contributed by atoms with Crippen molar-refractivity contribution in [1.82, 2.24) is 10.3 Å². The number of carbonyl (C=O) groups excluding carboxylic acids is 1. The molecule has 0 radical (unpaired) electrons. The molecule has 3 rings (SSSR count). The highest BCUT2D eigenvalue weighted by Crippen LogP contribution is 2.32. The van der Waals surface area contributed by atoms with Crippen LogP contribution >= 0.6 is 0 Å². The number of nitrogens with one attached hydrogen (secondary N) is 1. The predicted octanol–water partition coefficient (Wildman–Crippen LogP) is 3.28. The number of nitrogens with zero attached hydrogens (tertiary/aromatic N) is 1. The molecule has 27 heavy (non-hydrogen) atoms. The molecule has 1 aromatic heterocycles. The molecular formula is C21H21N3O3. The average molecular weight is 363 g/mol. The molecule has 6 heteroatoms. The predicted molar refractivity (Wildman–Crippen MR) is 105 cm³/mol. The van der Waals surface area contributed by atoms with E-state index in [2.05, 4.69) is 10.3 Å². The highest BCUT2D eigenvalue weighted by Gasteiger charge is 2.14. The van der Waals surface area contributed by atoms with E-state index in [0.717, 1.165) is 11.1 Å². The lowest BCUT2D eigenvalue weighted by Crippen LogP contribution is -2.25. The maximum absolute atomic E-state index is 12.5. The summed E-state index contributed by atoms with van der Waals surface area (Å²) in [6.07, 6.45) is 0. The fourth-order valence-electron chi connectivity index (χ4n) is 2.67. The number of carbonyl (C=O) groups is 1. The maximum atomic E-state index is 12.5. The summed E-state index contributed by atoms with van der Waals surface area (Å²) in [5.74, 6) is 0.889. The molecule has 0 unspecified atom stereocenters. The Kier molecular flexibility index (Phi) is 5.56. The average Bonchev–Trinajstić information content (AvgIpc) is 2.72. The lowest BCUT2D eigenvalue weighted by atomic mass is 10.1. The Balaban J connectivity index is 1.84. The van der Waals surface area contributed by atoms with Crippen LogP contribution in [0, 0.1) is 0 Å². The third-order valence-corrected chi connectivity index (χ3v) is 4.12. The van der Waals surface area contributed by atoms with Crippen LogP contribution in [-0.2, 0) is 6.54 Å². The monoisotopic (exact) mass is 363 g/mol. The summed E-state index contributed by atoms with van der Waals surface area (Å²) in [6.45, 7) is 0.404. The van der Waals surface area contributed by atoms with Crippen molar-refractivity contribution in [3.63, 3.8) is 0 Å². The molecule has 3 aromatic rings. The van der Waals surface area contributed by atoms with E-state index in [1.165, 1.54) is 0 Å². The Morgan fingerprint density at radius 3 is 2.44 bits per heavy atom. The lowest BCUT2D eigenvalue weighted by molar-refractivity contribution is 0.0947. The zero-order valence-electron chi connectivity index (χ0n) is 15.2. The number of benzene rings is 2. The quantitative estimate of drug-likeness (QED) is 0.702. The fraction of sp³-hybridized carbons (Fsp3) is 0.143. The van der Waals surface area contributed by atoms with Crippen LogP contribution in [0.1, 0.15) is 16.1 Å². The topological polar surface area (TPSA) is 86.5 Å². The van der Waals surface area contributed by atoms with Crippen molar-refractivity contribution >= 4 is 11.6 Å². The number of nitrogens with two attached hydrogens (primary N) is 1. The largest absolute Gasteiger partial charge is 0.493 e. The first-order valence-electron chi connectivity index (χ1n) is 8.43. The summed E-state index contributed by atoms with van der Waals surface area (Å²) < 4.78 is 10.6. The molecule has 0 spiro atoms. The van der Waals surface area contributed by atoms with Crippen molar-refractivity contribution in [2.45, 2.75) is 6.54 Å². The Morgan fingerprint density at radius 2 is 1.74 bits per heavy atom. The Bertz CT molecular complexity index is 943. The van der Waals surface area contributed by atoms with E-state index in [4.69, 9.17) is 15.2 Å². The molecule has 0 fully saturated rings. The van der Waals surface area contributed by atoms with Gasteiger partial charge in [-0.05, 0) is 35.9 Å². The molecule has 0 bridgehead atoms. The van der Waals surface area contributed by atoms with Crippen LogP contribution in [0.3, 0.4) is 0 Å². The number of nitrogen functional groups attached to an aromatic ring is 1. The van der Waals surface area contributed by atoms with Crippen LogP contribution in [0.2, 0.25) is 0 Å². The number of pyridine rings is 1. The van der Waals surface area contributed by atoms with Crippen molar-refractivity contribution < 1.29 is 14.3 Å². The van der Waals surface area contributed by atoms with E-state index in [9.17, 15) is 4.79 Å². The van der Waals surface area contributed by atoms with E-state index < -0.39 is 0 Å². The third kappa shape index (κ3) is 4.17. The number of rotatable bonds is 6. The van der Waals surface area contributed by atoms with Gasteiger partial charge >= 0.3 is 0 Å². The second-order valence-corrected chi connectivity index (χ2v) is 5.87. The van der Waals surface area contributed by atoms with Crippen molar-refractivity contribution in [3.8, 4) is 22.8 Å². The number of anilines is 1. The van der Waals surface area contributed by atoms with Crippen LogP contribution < -0.4 is 20.5 Å². The van der Waals surface area contributed by atoms with Gasteiger partial charge in [0.25, 0.3) is 5.91 Å². The number of hydrogen-bond acceptors (Lipinski definition) is 5. The summed E-state index contributed by atoms with van der Waals surface area (Å²) in [6, 6.07) is 18.6. The van der Waals surface area contributed by atoms with Gasteiger partial charge in [-0.15, -0.1) is 0 Å². The first-order valence-corrected chi connectivity index (χ1v) is 8.43. The van der Waals surface area contributed by atoms with E-state index in [0.29, 0.717) is 29.4 Å². The molecule has 0 aliphatic heterocycles. The minimum Gasteiger partial charge on any atom is -0.493 e. The highest BCUT2D eigenvalue weighted by molar-refractivity contribution is 5.97. The van der Waals surface area contributed by atoms with Crippen LogP contribution in [0.5, 0.6) is 11.5 Å². The molecule has 0 aliphatic rings. The molecule has 3 N–H and O–H groups in total. The van der Waals surface area contributed by atoms with E-state index in [1.54, 1.807) is 32.4 Å². The maximum Gasteiger partial charge on any atom is 0.272 e. The van der Waals surface area contributed by atoms with Crippen LogP contribution in [-0.4, -0.2) is 25.1 Å². The van der Waals surface area contributed by atoms with Crippen molar-refractivity contribution in [3.05, 3.63) is 71.9 Å². The van der Waals surface area contributed by atoms with E-state index in [1.807, 2.05) is 42.5 Å². The second kappa shape index (κ2) is 8.23. The Labute approximate surface area is 158 Å². The van der Waals surface area contributed by atoms with E-state index in [-0.39, 0.29) is 11.6 Å². The normalized spacial score (nSPS) is 10.3. The van der Waals surface area contributed by atoms with Gasteiger partial charge in [0.2, 0.25) is 0 Å². The SMILES string of the molecule is COc1ccc(-c2ccc(N)c(C(=O)NCc3ccccc3)n2)cc1OC. The Hall–Kier alpha value is -3.54. The van der Waals surface area contributed by atoms with Gasteiger partial charge in [0, 0.05) is 12.1 Å². The number of ether oxygens (including phenoxy) is 2. The fourth-order valence-corrected chi connectivity index (χ4v) is 2.67. The molecule has 0 saturated heterocycles. The lowest BCUT2D eigenvalue weighted by Gasteiger charge is -2.11. The first kappa shape index (κ1) is 18.3. The minimum absolute atomic E-state index is 0.193. The minimum atomic E-state index is -0.321. The molecule has 2 aromatic carbocycles. The van der Waals surface area contributed by atoms with Gasteiger partial charge in [0.05, 0.1) is 25.6 Å². The summed E-state index contributed by atoms with van der Waals surface area (Å²) in [7, 11) is 3.15. The molecule has 0 aliphatic carbocycles. The number of amides is 1. The molecule has 0 atom stereocenters. The van der Waals surface area contributed by atoms with Gasteiger partial charge in [-0.1, -0.05) is 30.3 Å². The number of methoxy groups -OCH3 is 2. The van der Waals surface area contributed by atoms with Gasteiger partial charge < -0.3 is 20.5 Å². The standard InChI is InChI=1S/C21H21N3O3/c1-26-18-11-8-15(12-19(18)27-2)17-10-9-16(22)20(24-17)21(25)23-13-14-6-4-3-5-7-14/h3-12H,13,22H2,1-2H3,(H,23,25). The Morgan fingerprint density at radius 1 is 1.00 bits per heavy atom. The van der Waals surface area contributed by atoms with E-state index >= 15 is 0 Å². The molecule has 6 nitrogen and oxygen atoms in total. The van der Waals surface area contributed by atoms with Gasteiger partial charge in [-0.2, -0.15) is 0 Å². The van der Waals surface area contributed by atoms with Crippen LogP contribution in [0.15, 0.2) is 60.7 Å². The van der Waals surface area contributed by atoms with Crippen molar-refractivity contribution in [1.29, 1.82) is 0 Å². The van der Waals surface area contributed by atoms with Gasteiger partial charge in [0.15, 0.2) is 17.2 Å². The summed E-state index contributed by atoms with van der Waals surface area (Å²) >= 11 is 0. The number of hydrogen-bond donors (Lipinski definition) is 2. The van der Waals surface area contributed by atoms with Crippen LogP contribution in [0.25, 0.3) is 11.3 Å². The molecule has 138 valence electrons. The molecule has 0 saturated carbocycles. The van der Waals surface area contributed by atoms with Gasteiger partial charge in [-0.3, -0.25) is 4.79 Å². The summed E-state index contributed by atoms with van der Waals surface area (Å²) in [4.78, 5) is 17.0. The third-order valence-electron chi connectivity index (χ3n) is 4.12. The van der Waals surface area contributed by atoms with Crippen LogP contribution in [0.4, 0.5) is 5.69 Å². The zero-order chi connectivity index (χ0) is 19.2. The summed E-state index contributed by atoms with van der Waals surface area (Å²) in [5.41, 5.74) is 8.90.